The van der Waals surface area contributed by atoms with Gasteiger partial charge in [-0.2, -0.15) is 0 Å². The normalized spacial score (nSPS) is 36.2. The maximum atomic E-state index is 2.64. The van der Waals surface area contributed by atoms with E-state index in [0.717, 1.165) is 11.8 Å². The fourth-order valence-electron chi connectivity index (χ4n) is 4.40. The predicted molar refractivity (Wildman–Crippen MR) is 86.1 cm³/mol. The van der Waals surface area contributed by atoms with E-state index in [1.165, 1.54) is 38.0 Å². The standard InChI is InChI=1S/C17H30P/c1-5-18(4,6-2)17(13-8-7-9-14-17)16-12-10-11-15(16)3/h7-9,13,15-16H,5-6,10-12,14H2,1-4H3/q+1. The van der Waals surface area contributed by atoms with Gasteiger partial charge in [-0.3, -0.25) is 0 Å². The molecule has 0 nitrogen and oxygen atoms in total. The zero-order valence-corrected chi connectivity index (χ0v) is 13.5. The average molecular weight is 265 g/mol. The molecule has 0 aromatic rings. The van der Waals surface area contributed by atoms with Crippen LogP contribution in [0.15, 0.2) is 24.3 Å². The summed E-state index contributed by atoms with van der Waals surface area (Å²) >= 11 is 0. The highest BCUT2D eigenvalue weighted by molar-refractivity contribution is 7.76. The first-order chi connectivity index (χ1) is 8.59. The van der Waals surface area contributed by atoms with E-state index in [2.05, 4.69) is 51.7 Å². The molecule has 0 radical (unpaired) electrons. The third-order valence-electron chi connectivity index (χ3n) is 5.98. The van der Waals surface area contributed by atoms with Gasteiger partial charge in [-0.15, -0.1) is 0 Å². The van der Waals surface area contributed by atoms with Crippen LogP contribution in [-0.2, 0) is 0 Å². The minimum Gasteiger partial charge on any atom is -0.0800 e. The molecule has 102 valence electrons. The van der Waals surface area contributed by atoms with Crippen LogP contribution in [0.3, 0.4) is 0 Å². The molecule has 2 aliphatic carbocycles. The van der Waals surface area contributed by atoms with E-state index in [9.17, 15) is 0 Å². The molecule has 2 rings (SSSR count). The summed E-state index contributed by atoms with van der Waals surface area (Å²) in [5.74, 6) is 1.87. The van der Waals surface area contributed by atoms with Gasteiger partial charge in [0.2, 0.25) is 0 Å². The lowest BCUT2D eigenvalue weighted by molar-refractivity contribution is 0.343. The van der Waals surface area contributed by atoms with Crippen molar-refractivity contribution < 1.29 is 0 Å². The molecule has 0 spiro atoms. The van der Waals surface area contributed by atoms with Crippen molar-refractivity contribution in [2.45, 2.75) is 51.6 Å². The highest BCUT2D eigenvalue weighted by Crippen LogP contribution is 2.72. The Kier molecular flexibility index (Phi) is 4.37. The third-order valence-corrected chi connectivity index (χ3v) is 11.4. The zero-order chi connectivity index (χ0) is 13.2. The molecule has 0 N–H and O–H groups in total. The largest absolute Gasteiger partial charge is 0.104 e. The molecule has 3 atom stereocenters. The van der Waals surface area contributed by atoms with Crippen molar-refractivity contribution in [1.82, 2.24) is 0 Å². The summed E-state index contributed by atoms with van der Waals surface area (Å²) in [6.07, 6.45) is 18.2. The van der Waals surface area contributed by atoms with Crippen LogP contribution in [0, 0.1) is 11.8 Å². The number of allylic oxidation sites excluding steroid dienone is 4. The van der Waals surface area contributed by atoms with Gasteiger partial charge in [0.25, 0.3) is 0 Å². The van der Waals surface area contributed by atoms with E-state index in [1.54, 1.807) is 0 Å². The van der Waals surface area contributed by atoms with Crippen LogP contribution in [-0.4, -0.2) is 24.1 Å². The molecule has 0 bridgehead atoms. The summed E-state index contributed by atoms with van der Waals surface area (Å²) in [5.41, 5.74) is 0. The number of hydrogen-bond acceptors (Lipinski definition) is 0. The van der Waals surface area contributed by atoms with Crippen LogP contribution in [0.25, 0.3) is 0 Å². The second-order valence-corrected chi connectivity index (χ2v) is 11.4. The van der Waals surface area contributed by atoms with Gasteiger partial charge in [0.15, 0.2) is 0 Å². The summed E-state index contributed by atoms with van der Waals surface area (Å²) in [4.78, 5) is 0. The Morgan fingerprint density at radius 1 is 1.17 bits per heavy atom. The molecule has 0 aromatic heterocycles. The van der Waals surface area contributed by atoms with Crippen LogP contribution in [0.4, 0.5) is 0 Å². The van der Waals surface area contributed by atoms with E-state index < -0.39 is 7.26 Å². The van der Waals surface area contributed by atoms with Crippen LogP contribution in [0.1, 0.15) is 46.5 Å². The van der Waals surface area contributed by atoms with Crippen molar-refractivity contribution in [2.24, 2.45) is 11.8 Å². The van der Waals surface area contributed by atoms with E-state index >= 15 is 0 Å². The lowest BCUT2D eigenvalue weighted by Gasteiger charge is -2.46. The topological polar surface area (TPSA) is 0 Å². The molecule has 2 aliphatic rings. The summed E-state index contributed by atoms with van der Waals surface area (Å²) in [7, 11) is -0.862. The Hall–Kier alpha value is -0.0900. The molecule has 1 saturated carbocycles. The Balaban J connectivity index is 2.40. The SMILES string of the molecule is CC[P+](C)(CC)C1(C2CCCC2C)C=CC=CC1. The number of hydrogen-bond donors (Lipinski definition) is 0. The monoisotopic (exact) mass is 265 g/mol. The smallest absolute Gasteiger partial charge is 0.0800 e. The molecule has 0 saturated heterocycles. The van der Waals surface area contributed by atoms with Gasteiger partial charge >= 0.3 is 0 Å². The molecule has 0 amide bonds. The molecule has 0 aromatic carbocycles. The molecule has 3 unspecified atom stereocenters. The van der Waals surface area contributed by atoms with E-state index in [0.29, 0.717) is 5.16 Å². The fraction of sp³-hybridized carbons (Fsp3) is 0.765. The second kappa shape index (κ2) is 5.49. The summed E-state index contributed by atoms with van der Waals surface area (Å²) in [6, 6.07) is 0. The van der Waals surface area contributed by atoms with Crippen molar-refractivity contribution >= 4 is 7.26 Å². The van der Waals surface area contributed by atoms with Gasteiger partial charge in [-0.25, -0.2) is 0 Å². The molecule has 0 heterocycles. The van der Waals surface area contributed by atoms with E-state index in [-0.39, 0.29) is 0 Å². The van der Waals surface area contributed by atoms with Gasteiger partial charge in [0, 0.05) is 26.3 Å². The average Bonchev–Trinajstić information content (AvgIpc) is 2.85. The van der Waals surface area contributed by atoms with Gasteiger partial charge < -0.3 is 0 Å². The fourth-order valence-corrected chi connectivity index (χ4v) is 8.20. The van der Waals surface area contributed by atoms with Crippen molar-refractivity contribution in [3.8, 4) is 0 Å². The van der Waals surface area contributed by atoms with Gasteiger partial charge in [-0.1, -0.05) is 38.0 Å². The van der Waals surface area contributed by atoms with E-state index in [4.69, 9.17) is 0 Å². The van der Waals surface area contributed by atoms with Crippen molar-refractivity contribution in [3.05, 3.63) is 24.3 Å². The molecule has 1 fully saturated rings. The first-order valence-electron chi connectivity index (χ1n) is 7.78. The van der Waals surface area contributed by atoms with Crippen LogP contribution < -0.4 is 0 Å². The molecule has 18 heavy (non-hydrogen) atoms. The molecular formula is C17H30P+. The highest BCUT2D eigenvalue weighted by Gasteiger charge is 2.57. The Morgan fingerprint density at radius 3 is 2.33 bits per heavy atom. The van der Waals surface area contributed by atoms with Gasteiger partial charge in [0.05, 0.1) is 12.3 Å². The summed E-state index contributed by atoms with van der Waals surface area (Å²) in [5, 5.41) is 0.529. The quantitative estimate of drug-likeness (QED) is 0.600. The first-order valence-corrected chi connectivity index (χ1v) is 10.4. The maximum absolute atomic E-state index is 2.64. The zero-order valence-electron chi connectivity index (χ0n) is 12.7. The van der Waals surface area contributed by atoms with Crippen molar-refractivity contribution in [2.75, 3.05) is 19.0 Å². The van der Waals surface area contributed by atoms with Crippen LogP contribution >= 0.6 is 7.26 Å². The predicted octanol–water partition coefficient (Wildman–Crippen LogP) is 5.36. The van der Waals surface area contributed by atoms with Gasteiger partial charge in [-0.05, 0) is 32.3 Å². The number of rotatable bonds is 4. The van der Waals surface area contributed by atoms with Crippen molar-refractivity contribution in [1.29, 1.82) is 0 Å². The van der Waals surface area contributed by atoms with Crippen LogP contribution in [0.5, 0.6) is 0 Å². The Labute approximate surface area is 114 Å². The minimum atomic E-state index is -0.862. The minimum absolute atomic E-state index is 0.529. The second-order valence-electron chi connectivity index (χ2n) is 6.53. The third kappa shape index (κ3) is 2.11. The molecule has 0 aliphatic heterocycles. The summed E-state index contributed by atoms with van der Waals surface area (Å²) in [6.45, 7) is 10.0. The Morgan fingerprint density at radius 2 is 1.89 bits per heavy atom. The lowest BCUT2D eigenvalue weighted by Crippen LogP contribution is -2.41. The summed E-state index contributed by atoms with van der Waals surface area (Å²) < 4.78 is 0. The molecule has 1 heteroatoms. The Bertz CT molecular complexity index is 338. The van der Waals surface area contributed by atoms with Gasteiger partial charge in [0.1, 0.15) is 5.16 Å². The first kappa shape index (κ1) is 14.3. The maximum Gasteiger partial charge on any atom is 0.104 e. The molecular weight excluding hydrogens is 235 g/mol. The van der Waals surface area contributed by atoms with E-state index in [1.807, 2.05) is 0 Å². The van der Waals surface area contributed by atoms with Crippen LogP contribution in [0.2, 0.25) is 0 Å². The lowest BCUT2D eigenvalue weighted by atomic mass is 9.80. The van der Waals surface area contributed by atoms with Crippen molar-refractivity contribution in [3.63, 3.8) is 0 Å². The highest BCUT2D eigenvalue weighted by atomic mass is 31.2.